The Morgan fingerprint density at radius 1 is 1.33 bits per heavy atom. The lowest BCUT2D eigenvalue weighted by Crippen LogP contribution is -2.34. The van der Waals surface area contributed by atoms with Crippen molar-refractivity contribution in [2.75, 3.05) is 20.8 Å². The zero-order valence-electron chi connectivity index (χ0n) is 10.9. The fraction of sp³-hybridized carbons (Fsp3) is 0.462. The number of ether oxygens (including phenoxy) is 2. The van der Waals surface area contributed by atoms with E-state index < -0.39 is 11.4 Å². The lowest BCUT2D eigenvalue weighted by Gasteiger charge is -2.27. The average Bonchev–Trinajstić information content (AvgIpc) is 2.36. The summed E-state index contributed by atoms with van der Waals surface area (Å²) in [4.78, 5) is 10.9. The predicted molar refractivity (Wildman–Crippen MR) is 68.2 cm³/mol. The van der Waals surface area contributed by atoms with Crippen molar-refractivity contribution in [1.29, 1.82) is 0 Å². The molecule has 100 valence electrons. The first-order valence-corrected chi connectivity index (χ1v) is 5.61. The van der Waals surface area contributed by atoms with Gasteiger partial charge < -0.3 is 20.3 Å². The highest BCUT2D eigenvalue weighted by Crippen LogP contribution is 2.34. The van der Waals surface area contributed by atoms with Crippen LogP contribution in [-0.2, 0) is 10.2 Å². The van der Waals surface area contributed by atoms with Crippen molar-refractivity contribution >= 4 is 5.97 Å². The summed E-state index contributed by atoms with van der Waals surface area (Å²) < 4.78 is 10.4. The zero-order valence-corrected chi connectivity index (χ0v) is 10.9. The Hall–Kier alpha value is -1.75. The minimum Gasteiger partial charge on any atom is -0.493 e. The fourth-order valence-electron chi connectivity index (χ4n) is 1.84. The number of carbonyl (C=O) groups is 1. The van der Waals surface area contributed by atoms with Gasteiger partial charge in [-0.25, -0.2) is 0 Å². The molecule has 18 heavy (non-hydrogen) atoms. The van der Waals surface area contributed by atoms with Crippen LogP contribution >= 0.6 is 0 Å². The number of hydrogen-bond donors (Lipinski definition) is 2. The summed E-state index contributed by atoms with van der Waals surface area (Å²) in [5.74, 6) is 0.300. The van der Waals surface area contributed by atoms with Crippen LogP contribution < -0.4 is 15.2 Å². The van der Waals surface area contributed by atoms with Crippen LogP contribution in [0.1, 0.15) is 18.9 Å². The van der Waals surface area contributed by atoms with E-state index in [9.17, 15) is 4.79 Å². The number of methoxy groups -OCH3 is 2. The number of hydrogen-bond acceptors (Lipinski definition) is 4. The van der Waals surface area contributed by atoms with Gasteiger partial charge >= 0.3 is 5.97 Å². The van der Waals surface area contributed by atoms with Crippen LogP contribution in [0.3, 0.4) is 0 Å². The molecule has 0 bridgehead atoms. The quantitative estimate of drug-likeness (QED) is 0.800. The largest absolute Gasteiger partial charge is 0.493 e. The van der Waals surface area contributed by atoms with Crippen LogP contribution in [0.15, 0.2) is 18.2 Å². The Bertz CT molecular complexity index is 433. The van der Waals surface area contributed by atoms with Crippen molar-refractivity contribution in [1.82, 2.24) is 0 Å². The third-order valence-corrected chi connectivity index (χ3v) is 3.07. The van der Waals surface area contributed by atoms with Gasteiger partial charge in [0.25, 0.3) is 0 Å². The van der Waals surface area contributed by atoms with Gasteiger partial charge in [-0.15, -0.1) is 0 Å². The van der Waals surface area contributed by atoms with E-state index in [1.54, 1.807) is 26.4 Å². The Balaban J connectivity index is 3.18. The molecule has 0 aliphatic carbocycles. The number of rotatable bonds is 6. The number of aliphatic carboxylic acids is 1. The molecule has 0 aromatic heterocycles. The van der Waals surface area contributed by atoms with Crippen molar-refractivity contribution in [2.45, 2.75) is 18.8 Å². The molecule has 0 saturated heterocycles. The predicted octanol–water partition coefficient (Wildman–Crippen LogP) is 1.39. The molecule has 1 aromatic carbocycles. The van der Waals surface area contributed by atoms with E-state index in [0.29, 0.717) is 11.5 Å². The highest BCUT2D eigenvalue weighted by molar-refractivity contribution is 5.69. The Labute approximate surface area is 107 Å². The summed E-state index contributed by atoms with van der Waals surface area (Å²) in [5, 5.41) is 8.96. The molecular weight excluding hydrogens is 234 g/mol. The standard InChI is InChI=1S/C13H19NO4/c1-13(8-14,7-12(15)16)9-4-5-10(17-2)11(6-9)18-3/h4-6H,7-8,14H2,1-3H3,(H,15,16). The molecule has 0 aliphatic heterocycles. The first kappa shape index (κ1) is 14.3. The summed E-state index contributed by atoms with van der Waals surface area (Å²) in [6.07, 6.45) is -0.0288. The third kappa shape index (κ3) is 2.92. The van der Waals surface area contributed by atoms with Crippen LogP contribution in [0.25, 0.3) is 0 Å². The molecule has 0 fully saturated rings. The smallest absolute Gasteiger partial charge is 0.304 e. The van der Waals surface area contributed by atoms with Gasteiger partial charge in [-0.1, -0.05) is 13.0 Å². The van der Waals surface area contributed by atoms with Crippen molar-refractivity contribution in [3.05, 3.63) is 23.8 Å². The van der Waals surface area contributed by atoms with Gasteiger partial charge in [0, 0.05) is 12.0 Å². The minimum atomic E-state index is -0.877. The van der Waals surface area contributed by atoms with Gasteiger partial charge in [-0.3, -0.25) is 4.79 Å². The van der Waals surface area contributed by atoms with Crippen molar-refractivity contribution in [3.63, 3.8) is 0 Å². The van der Waals surface area contributed by atoms with Crippen molar-refractivity contribution in [3.8, 4) is 11.5 Å². The second-order valence-electron chi connectivity index (χ2n) is 4.41. The Morgan fingerprint density at radius 2 is 1.94 bits per heavy atom. The molecule has 0 saturated carbocycles. The van der Waals surface area contributed by atoms with Gasteiger partial charge in [0.2, 0.25) is 0 Å². The van der Waals surface area contributed by atoms with E-state index in [1.807, 2.05) is 13.0 Å². The van der Waals surface area contributed by atoms with Gasteiger partial charge in [0.05, 0.1) is 20.6 Å². The van der Waals surface area contributed by atoms with Crippen LogP contribution in [0.2, 0.25) is 0 Å². The molecule has 3 N–H and O–H groups in total. The van der Waals surface area contributed by atoms with Crippen LogP contribution in [0.4, 0.5) is 0 Å². The molecule has 5 heteroatoms. The second kappa shape index (κ2) is 5.73. The van der Waals surface area contributed by atoms with E-state index in [1.165, 1.54) is 0 Å². The molecule has 5 nitrogen and oxygen atoms in total. The number of carboxylic acid groups (broad SMARTS) is 1. The monoisotopic (exact) mass is 253 g/mol. The highest BCUT2D eigenvalue weighted by atomic mass is 16.5. The Kier molecular flexibility index (Phi) is 4.55. The van der Waals surface area contributed by atoms with E-state index >= 15 is 0 Å². The molecular formula is C13H19NO4. The second-order valence-corrected chi connectivity index (χ2v) is 4.41. The first-order chi connectivity index (χ1) is 8.46. The summed E-state index contributed by atoms with van der Waals surface area (Å²) in [6.45, 7) is 2.07. The van der Waals surface area contributed by atoms with Crippen LogP contribution in [0.5, 0.6) is 11.5 Å². The normalized spacial score (nSPS) is 13.8. The SMILES string of the molecule is COc1ccc(C(C)(CN)CC(=O)O)cc1OC. The van der Waals surface area contributed by atoms with E-state index in [-0.39, 0.29) is 13.0 Å². The molecule has 0 spiro atoms. The molecule has 0 radical (unpaired) electrons. The average molecular weight is 253 g/mol. The van der Waals surface area contributed by atoms with E-state index in [0.717, 1.165) is 5.56 Å². The van der Waals surface area contributed by atoms with Gasteiger partial charge in [-0.2, -0.15) is 0 Å². The number of benzene rings is 1. The summed E-state index contributed by atoms with van der Waals surface area (Å²) in [6, 6.07) is 5.34. The molecule has 1 rings (SSSR count). The van der Waals surface area contributed by atoms with Gasteiger partial charge in [-0.05, 0) is 17.7 Å². The topological polar surface area (TPSA) is 81.8 Å². The summed E-state index contributed by atoms with van der Waals surface area (Å²) in [5.41, 5.74) is 5.92. The van der Waals surface area contributed by atoms with Crippen LogP contribution in [-0.4, -0.2) is 31.8 Å². The van der Waals surface area contributed by atoms with Crippen molar-refractivity contribution < 1.29 is 19.4 Å². The molecule has 0 aliphatic rings. The number of nitrogens with two attached hydrogens (primary N) is 1. The lowest BCUT2D eigenvalue weighted by molar-refractivity contribution is -0.138. The molecule has 0 heterocycles. The minimum absolute atomic E-state index is 0.0288. The zero-order chi connectivity index (χ0) is 13.8. The Morgan fingerprint density at radius 3 is 2.39 bits per heavy atom. The summed E-state index contributed by atoms with van der Waals surface area (Å²) in [7, 11) is 3.09. The number of carboxylic acids is 1. The lowest BCUT2D eigenvalue weighted by atomic mass is 9.79. The van der Waals surface area contributed by atoms with E-state index in [4.69, 9.17) is 20.3 Å². The van der Waals surface area contributed by atoms with Crippen LogP contribution in [0, 0.1) is 0 Å². The maximum absolute atomic E-state index is 10.9. The fourth-order valence-corrected chi connectivity index (χ4v) is 1.84. The molecule has 0 amide bonds. The third-order valence-electron chi connectivity index (χ3n) is 3.07. The maximum Gasteiger partial charge on any atom is 0.304 e. The van der Waals surface area contributed by atoms with Crippen molar-refractivity contribution in [2.24, 2.45) is 5.73 Å². The summed E-state index contributed by atoms with van der Waals surface area (Å²) >= 11 is 0. The van der Waals surface area contributed by atoms with E-state index in [2.05, 4.69) is 0 Å². The molecule has 1 unspecified atom stereocenters. The molecule has 1 atom stereocenters. The highest BCUT2D eigenvalue weighted by Gasteiger charge is 2.29. The molecule has 1 aromatic rings. The first-order valence-electron chi connectivity index (χ1n) is 5.61. The van der Waals surface area contributed by atoms with Gasteiger partial charge in [0.1, 0.15) is 0 Å². The van der Waals surface area contributed by atoms with Gasteiger partial charge in [0.15, 0.2) is 11.5 Å². The maximum atomic E-state index is 10.9.